The van der Waals surface area contributed by atoms with Crippen LogP contribution in [-0.4, -0.2) is 5.97 Å². The minimum Gasteiger partial charge on any atom is -0.550 e. The van der Waals surface area contributed by atoms with E-state index in [0.29, 0.717) is 11.3 Å². The van der Waals surface area contributed by atoms with Gasteiger partial charge in [0.05, 0.1) is 0 Å². The van der Waals surface area contributed by atoms with E-state index in [4.69, 9.17) is 4.74 Å². The van der Waals surface area contributed by atoms with Gasteiger partial charge in [0.2, 0.25) is 0 Å². The summed E-state index contributed by atoms with van der Waals surface area (Å²) in [5, 5.41) is 10.8. The maximum absolute atomic E-state index is 10.8. The molecule has 19 heavy (non-hydrogen) atoms. The Kier molecular flexibility index (Phi) is 6.09. The van der Waals surface area contributed by atoms with Crippen LogP contribution in [0.2, 0.25) is 0 Å². The number of hydrogen-bond acceptors (Lipinski definition) is 3. The van der Waals surface area contributed by atoms with Crippen molar-refractivity contribution in [3.05, 3.63) is 60.2 Å². The maximum Gasteiger partial charge on any atom is 1.00 e. The van der Waals surface area contributed by atoms with Gasteiger partial charge in [-0.2, -0.15) is 0 Å². The molecule has 0 aliphatic rings. The summed E-state index contributed by atoms with van der Waals surface area (Å²) in [5.74, 6) is -0.404. The van der Waals surface area contributed by atoms with Crippen LogP contribution in [0.5, 0.6) is 11.5 Å². The molecule has 0 heterocycles. The predicted octanol–water partition coefficient (Wildman–Crippen LogP) is -0.664. The van der Waals surface area contributed by atoms with Gasteiger partial charge in [0.15, 0.2) is 0 Å². The molecule has 2 aromatic carbocycles. The summed E-state index contributed by atoms with van der Waals surface area (Å²) in [4.78, 5) is 10.8. The molecule has 0 spiro atoms. The van der Waals surface area contributed by atoms with Crippen molar-refractivity contribution in [3.8, 4) is 11.5 Å². The van der Waals surface area contributed by atoms with E-state index in [0.717, 1.165) is 5.75 Å². The molecular formula is C15H13NaO3. The van der Waals surface area contributed by atoms with E-state index in [1.165, 1.54) is 0 Å². The monoisotopic (exact) mass is 264 g/mol. The zero-order chi connectivity index (χ0) is 13.0. The van der Waals surface area contributed by atoms with E-state index in [1.54, 1.807) is 31.2 Å². The number of benzene rings is 2. The Labute approximate surface area is 134 Å². The molecule has 1 atom stereocenters. The summed E-state index contributed by atoms with van der Waals surface area (Å²) < 4.78 is 5.64. The Morgan fingerprint density at radius 2 is 1.68 bits per heavy atom. The average Bonchev–Trinajstić information content (AvgIpc) is 2.39. The van der Waals surface area contributed by atoms with Gasteiger partial charge in [-0.25, -0.2) is 0 Å². The summed E-state index contributed by atoms with van der Waals surface area (Å²) in [5.41, 5.74) is 0.670. The van der Waals surface area contributed by atoms with Crippen molar-refractivity contribution < 1.29 is 44.2 Å². The van der Waals surface area contributed by atoms with Crippen LogP contribution in [0.25, 0.3) is 0 Å². The maximum atomic E-state index is 10.8. The van der Waals surface area contributed by atoms with Crippen LogP contribution >= 0.6 is 0 Å². The molecule has 0 radical (unpaired) electrons. The fraction of sp³-hybridized carbons (Fsp3) is 0.133. The first-order chi connectivity index (χ1) is 8.66. The van der Waals surface area contributed by atoms with Gasteiger partial charge in [-0.3, -0.25) is 0 Å². The third kappa shape index (κ3) is 4.39. The minimum atomic E-state index is -1.09. The van der Waals surface area contributed by atoms with Gasteiger partial charge >= 0.3 is 29.6 Å². The van der Waals surface area contributed by atoms with Crippen LogP contribution in [0.15, 0.2) is 54.6 Å². The number of carboxylic acid groups (broad SMARTS) is 1. The van der Waals surface area contributed by atoms with Crippen molar-refractivity contribution in [2.24, 2.45) is 0 Å². The predicted molar refractivity (Wildman–Crippen MR) is 66.4 cm³/mol. The molecular weight excluding hydrogens is 251 g/mol. The van der Waals surface area contributed by atoms with Crippen molar-refractivity contribution >= 4 is 5.97 Å². The molecule has 0 amide bonds. The molecule has 92 valence electrons. The number of carbonyl (C=O) groups is 1. The van der Waals surface area contributed by atoms with Crippen molar-refractivity contribution in [1.82, 2.24) is 0 Å². The number of carboxylic acids is 1. The van der Waals surface area contributed by atoms with E-state index in [2.05, 4.69) is 0 Å². The molecule has 0 aromatic heterocycles. The first kappa shape index (κ1) is 15.8. The number of para-hydroxylation sites is 1. The van der Waals surface area contributed by atoms with Crippen molar-refractivity contribution in [3.63, 3.8) is 0 Å². The van der Waals surface area contributed by atoms with E-state index in [9.17, 15) is 9.90 Å². The van der Waals surface area contributed by atoms with Crippen LogP contribution in [0.4, 0.5) is 0 Å². The number of ether oxygens (including phenoxy) is 1. The van der Waals surface area contributed by atoms with Gasteiger partial charge in [0.25, 0.3) is 0 Å². The van der Waals surface area contributed by atoms with Gasteiger partial charge in [0, 0.05) is 11.9 Å². The molecule has 0 N–H and O–H groups in total. The third-order valence-corrected chi connectivity index (χ3v) is 2.69. The summed E-state index contributed by atoms with van der Waals surface area (Å²) in [6, 6.07) is 16.4. The molecule has 0 unspecified atom stereocenters. The summed E-state index contributed by atoms with van der Waals surface area (Å²) in [6.07, 6.45) is 0. The SMILES string of the molecule is C[C@H](C(=O)[O-])c1cccc(Oc2ccccc2)c1.[Na+]. The summed E-state index contributed by atoms with van der Waals surface area (Å²) in [7, 11) is 0. The standard InChI is InChI=1S/C15H14O3.Na/c1-11(15(16)17)12-6-5-9-14(10-12)18-13-7-3-2-4-8-13;/h2-11H,1H3,(H,16,17);/q;+1/p-1/t11-;/m0./s1. The average molecular weight is 264 g/mol. The summed E-state index contributed by atoms with van der Waals surface area (Å²) >= 11 is 0. The Balaban J connectivity index is 0.00000180. The van der Waals surface area contributed by atoms with E-state index < -0.39 is 11.9 Å². The third-order valence-electron chi connectivity index (χ3n) is 2.69. The number of rotatable bonds is 4. The van der Waals surface area contributed by atoms with Crippen LogP contribution in [0, 0.1) is 0 Å². The minimum absolute atomic E-state index is 0. The zero-order valence-electron chi connectivity index (χ0n) is 11.0. The first-order valence-electron chi connectivity index (χ1n) is 5.70. The van der Waals surface area contributed by atoms with Crippen LogP contribution in [0.1, 0.15) is 18.4 Å². The second-order valence-electron chi connectivity index (χ2n) is 4.03. The topological polar surface area (TPSA) is 49.4 Å². The molecule has 0 saturated heterocycles. The normalized spacial score (nSPS) is 11.2. The van der Waals surface area contributed by atoms with Gasteiger partial charge in [-0.15, -0.1) is 0 Å². The molecule has 0 bridgehead atoms. The van der Waals surface area contributed by atoms with Crippen LogP contribution < -0.4 is 39.4 Å². The van der Waals surface area contributed by atoms with E-state index >= 15 is 0 Å². The Morgan fingerprint density at radius 3 is 2.32 bits per heavy atom. The smallest absolute Gasteiger partial charge is 0.550 e. The van der Waals surface area contributed by atoms with Gasteiger partial charge in [0.1, 0.15) is 11.5 Å². The largest absolute Gasteiger partial charge is 1.00 e. The fourth-order valence-electron chi connectivity index (χ4n) is 1.61. The fourth-order valence-corrected chi connectivity index (χ4v) is 1.61. The molecule has 0 saturated carbocycles. The Bertz CT molecular complexity index is 540. The Morgan fingerprint density at radius 1 is 1.05 bits per heavy atom. The number of hydrogen-bond donors (Lipinski definition) is 0. The zero-order valence-corrected chi connectivity index (χ0v) is 13.0. The second-order valence-corrected chi connectivity index (χ2v) is 4.03. The molecule has 2 aromatic rings. The van der Waals surface area contributed by atoms with Gasteiger partial charge in [-0.1, -0.05) is 37.3 Å². The molecule has 4 heteroatoms. The molecule has 0 aliphatic carbocycles. The molecule has 2 rings (SSSR count). The van der Waals surface area contributed by atoms with Crippen molar-refractivity contribution in [1.29, 1.82) is 0 Å². The van der Waals surface area contributed by atoms with E-state index in [-0.39, 0.29) is 29.6 Å². The summed E-state index contributed by atoms with van der Waals surface area (Å²) in [6.45, 7) is 1.59. The Hall–Kier alpha value is -1.29. The quantitative estimate of drug-likeness (QED) is 0.689. The second kappa shape index (κ2) is 7.34. The first-order valence-corrected chi connectivity index (χ1v) is 5.70. The molecule has 3 nitrogen and oxygen atoms in total. The van der Waals surface area contributed by atoms with Gasteiger partial charge < -0.3 is 14.6 Å². The number of aliphatic carboxylic acids is 1. The van der Waals surface area contributed by atoms with Crippen LogP contribution in [0.3, 0.4) is 0 Å². The van der Waals surface area contributed by atoms with Crippen LogP contribution in [-0.2, 0) is 4.79 Å². The van der Waals surface area contributed by atoms with Crippen molar-refractivity contribution in [2.45, 2.75) is 12.8 Å². The van der Waals surface area contributed by atoms with E-state index in [1.807, 2.05) is 30.3 Å². The van der Waals surface area contributed by atoms with Crippen molar-refractivity contribution in [2.75, 3.05) is 0 Å². The molecule has 0 fully saturated rings. The number of carbonyl (C=O) groups excluding carboxylic acids is 1. The van der Waals surface area contributed by atoms with Gasteiger partial charge in [-0.05, 0) is 29.8 Å². The molecule has 0 aliphatic heterocycles.